The third kappa shape index (κ3) is 2.57. The topological polar surface area (TPSA) is 26.3 Å². The molecule has 2 rings (SSSR count). The second kappa shape index (κ2) is 4.74. The summed E-state index contributed by atoms with van der Waals surface area (Å²) in [6.45, 7) is 4.05. The van der Waals surface area contributed by atoms with Gasteiger partial charge in [-0.25, -0.2) is 0 Å². The van der Waals surface area contributed by atoms with Crippen molar-refractivity contribution in [2.24, 2.45) is 0 Å². The summed E-state index contributed by atoms with van der Waals surface area (Å²) in [6.07, 6.45) is 4.36. The minimum Gasteiger partial charge on any atom is -0.465 e. The molecule has 0 heterocycles. The molecule has 2 nitrogen and oxygen atoms in total. The molecule has 0 aliphatic heterocycles. The van der Waals surface area contributed by atoms with Crippen LogP contribution in [0, 0.1) is 0 Å². The van der Waals surface area contributed by atoms with Gasteiger partial charge in [-0.15, -0.1) is 0 Å². The molecule has 1 atom stereocenters. The van der Waals surface area contributed by atoms with E-state index in [-0.39, 0.29) is 11.4 Å². The summed E-state index contributed by atoms with van der Waals surface area (Å²) in [7, 11) is 0. The molecule has 1 aromatic carbocycles. The van der Waals surface area contributed by atoms with Gasteiger partial charge >= 0.3 is 5.97 Å². The molecule has 0 radical (unpaired) electrons. The molecule has 0 amide bonds. The van der Waals surface area contributed by atoms with Crippen molar-refractivity contribution >= 4 is 5.97 Å². The highest BCUT2D eigenvalue weighted by atomic mass is 16.5. The zero-order valence-corrected chi connectivity index (χ0v) is 10.4. The number of carbonyl (C=O) groups is 1. The van der Waals surface area contributed by atoms with Crippen molar-refractivity contribution in [2.45, 2.75) is 32.1 Å². The summed E-state index contributed by atoms with van der Waals surface area (Å²) in [4.78, 5) is 11.0. The Kier molecular flexibility index (Phi) is 3.32. The second-order valence-electron chi connectivity index (χ2n) is 4.79. The Bertz CT molecular complexity index is 433. The number of rotatable bonds is 3. The highest BCUT2D eigenvalue weighted by molar-refractivity contribution is 5.66. The van der Waals surface area contributed by atoms with Gasteiger partial charge in [-0.2, -0.15) is 0 Å². The Morgan fingerprint density at radius 1 is 1.35 bits per heavy atom. The zero-order chi connectivity index (χ0) is 12.3. The fourth-order valence-corrected chi connectivity index (χ4v) is 2.46. The zero-order valence-electron chi connectivity index (χ0n) is 10.4. The first-order chi connectivity index (χ1) is 8.12. The first-order valence-corrected chi connectivity index (χ1v) is 6.00. The highest BCUT2D eigenvalue weighted by Crippen LogP contribution is 2.39. The van der Waals surface area contributed by atoms with Crippen LogP contribution in [-0.2, 0) is 14.9 Å². The predicted octanol–water partition coefficient (Wildman–Crippen LogP) is 3.23. The number of hydrogen-bond acceptors (Lipinski definition) is 2. The molecule has 17 heavy (non-hydrogen) atoms. The maximum absolute atomic E-state index is 11.0. The molecular formula is C15H18O2. The van der Waals surface area contributed by atoms with Crippen LogP contribution >= 0.6 is 0 Å². The fraction of sp³-hybridized carbons (Fsp3) is 0.400. The normalized spacial score (nSPS) is 23.3. The largest absolute Gasteiger partial charge is 0.465 e. The number of allylic oxidation sites excluding steroid dienone is 1. The summed E-state index contributed by atoms with van der Waals surface area (Å²) >= 11 is 0. The Hall–Kier alpha value is -1.57. The monoisotopic (exact) mass is 230 g/mol. The van der Waals surface area contributed by atoms with Crippen LogP contribution in [0.2, 0.25) is 0 Å². The quantitative estimate of drug-likeness (QED) is 0.588. The smallest absolute Gasteiger partial charge is 0.302 e. The van der Waals surface area contributed by atoms with E-state index in [9.17, 15) is 4.79 Å². The van der Waals surface area contributed by atoms with Gasteiger partial charge in [0.2, 0.25) is 0 Å². The van der Waals surface area contributed by atoms with Crippen molar-refractivity contribution in [1.82, 2.24) is 0 Å². The average molecular weight is 230 g/mol. The van der Waals surface area contributed by atoms with Crippen molar-refractivity contribution in [2.75, 3.05) is 6.61 Å². The molecule has 0 saturated heterocycles. The molecule has 0 N–H and O–H groups in total. The average Bonchev–Trinajstić information content (AvgIpc) is 2.71. The molecule has 1 aromatic rings. The van der Waals surface area contributed by atoms with Crippen molar-refractivity contribution in [3.8, 4) is 0 Å². The van der Waals surface area contributed by atoms with Gasteiger partial charge in [0.05, 0.1) is 0 Å². The van der Waals surface area contributed by atoms with Crippen molar-refractivity contribution in [3.63, 3.8) is 0 Å². The Labute approximate surface area is 102 Å². The van der Waals surface area contributed by atoms with Crippen LogP contribution in [-0.4, -0.2) is 12.6 Å². The Morgan fingerprint density at radius 2 is 2.06 bits per heavy atom. The van der Waals surface area contributed by atoms with E-state index >= 15 is 0 Å². The maximum Gasteiger partial charge on any atom is 0.302 e. The van der Waals surface area contributed by atoms with Crippen LogP contribution in [0.5, 0.6) is 0 Å². The molecule has 0 fully saturated rings. The number of ether oxygens (including phenoxy) is 1. The lowest BCUT2D eigenvalue weighted by atomic mass is 9.81. The lowest BCUT2D eigenvalue weighted by Gasteiger charge is -2.27. The van der Waals surface area contributed by atoms with E-state index in [1.54, 1.807) is 0 Å². The minimum atomic E-state index is -0.210. The van der Waals surface area contributed by atoms with Crippen LogP contribution in [0.4, 0.5) is 0 Å². The third-order valence-corrected chi connectivity index (χ3v) is 3.37. The summed E-state index contributed by atoms with van der Waals surface area (Å²) in [6, 6.07) is 10.3. The first kappa shape index (κ1) is 11.9. The van der Waals surface area contributed by atoms with E-state index < -0.39 is 0 Å². The van der Waals surface area contributed by atoms with Gasteiger partial charge in [-0.1, -0.05) is 42.0 Å². The van der Waals surface area contributed by atoms with Crippen molar-refractivity contribution in [3.05, 3.63) is 47.5 Å². The van der Waals surface area contributed by atoms with Gasteiger partial charge in [0.15, 0.2) is 0 Å². The van der Waals surface area contributed by atoms with Crippen LogP contribution < -0.4 is 0 Å². The van der Waals surface area contributed by atoms with Crippen LogP contribution in [0.1, 0.15) is 32.3 Å². The molecule has 1 aliphatic carbocycles. The lowest BCUT2D eigenvalue weighted by Crippen LogP contribution is -2.28. The van der Waals surface area contributed by atoms with Gasteiger partial charge in [0.1, 0.15) is 6.61 Å². The third-order valence-electron chi connectivity index (χ3n) is 3.37. The summed E-state index contributed by atoms with van der Waals surface area (Å²) < 4.78 is 5.25. The van der Waals surface area contributed by atoms with Crippen LogP contribution in [0.3, 0.4) is 0 Å². The fourth-order valence-electron chi connectivity index (χ4n) is 2.46. The van der Waals surface area contributed by atoms with E-state index in [4.69, 9.17) is 4.74 Å². The molecular weight excluding hydrogens is 212 g/mol. The standard InChI is InChI=1S/C15H18O2/c1-12-8-9-15(10-12,11-17-13(2)16)14-6-4-3-5-7-14/h3-7,10H,8-9,11H2,1-2H3. The predicted molar refractivity (Wildman–Crippen MR) is 67.7 cm³/mol. The second-order valence-corrected chi connectivity index (χ2v) is 4.79. The van der Waals surface area contributed by atoms with Crippen molar-refractivity contribution in [1.29, 1.82) is 0 Å². The lowest BCUT2D eigenvalue weighted by molar-refractivity contribution is -0.142. The van der Waals surface area contributed by atoms with Crippen molar-refractivity contribution < 1.29 is 9.53 Å². The van der Waals surface area contributed by atoms with E-state index in [1.165, 1.54) is 18.1 Å². The molecule has 1 aliphatic rings. The molecule has 1 unspecified atom stereocenters. The first-order valence-electron chi connectivity index (χ1n) is 6.00. The van der Waals surface area contributed by atoms with E-state index in [0.29, 0.717) is 6.61 Å². The molecule has 2 heteroatoms. The molecule has 90 valence electrons. The molecule has 0 saturated carbocycles. The summed E-state index contributed by atoms with van der Waals surface area (Å²) in [5.41, 5.74) is 2.50. The Balaban J connectivity index is 2.29. The number of benzene rings is 1. The number of hydrogen-bond donors (Lipinski definition) is 0. The van der Waals surface area contributed by atoms with Gasteiger partial charge in [-0.05, 0) is 25.3 Å². The van der Waals surface area contributed by atoms with Gasteiger partial charge in [0.25, 0.3) is 0 Å². The highest BCUT2D eigenvalue weighted by Gasteiger charge is 2.34. The maximum atomic E-state index is 11.0. The van der Waals surface area contributed by atoms with Gasteiger partial charge in [0, 0.05) is 12.3 Å². The molecule has 0 spiro atoms. The number of carbonyl (C=O) groups excluding carboxylic acids is 1. The minimum absolute atomic E-state index is 0.114. The van der Waals surface area contributed by atoms with Gasteiger partial charge < -0.3 is 4.74 Å². The molecule has 0 bridgehead atoms. The van der Waals surface area contributed by atoms with Crippen LogP contribution in [0.15, 0.2) is 42.0 Å². The molecule has 0 aromatic heterocycles. The Morgan fingerprint density at radius 3 is 2.59 bits per heavy atom. The summed E-state index contributed by atoms with van der Waals surface area (Å²) in [5.74, 6) is -0.210. The SMILES string of the molecule is CC(=O)OCC1(c2ccccc2)C=C(C)CC1. The van der Waals surface area contributed by atoms with E-state index in [2.05, 4.69) is 25.1 Å². The number of esters is 1. The van der Waals surface area contributed by atoms with E-state index in [1.807, 2.05) is 18.2 Å². The van der Waals surface area contributed by atoms with Crippen LogP contribution in [0.25, 0.3) is 0 Å². The van der Waals surface area contributed by atoms with Gasteiger partial charge in [-0.3, -0.25) is 4.79 Å². The summed E-state index contributed by atoms with van der Waals surface area (Å²) in [5, 5.41) is 0. The van der Waals surface area contributed by atoms with E-state index in [0.717, 1.165) is 12.8 Å².